The Morgan fingerprint density at radius 2 is 1.70 bits per heavy atom. The highest BCUT2D eigenvalue weighted by Crippen LogP contribution is 2.24. The maximum Gasteiger partial charge on any atom is 0.336 e. The van der Waals surface area contributed by atoms with E-state index in [9.17, 15) is 14.7 Å². The molecule has 0 saturated carbocycles. The minimum Gasteiger partial charge on any atom is -0.497 e. The van der Waals surface area contributed by atoms with Gasteiger partial charge < -0.3 is 15.6 Å². The number of carboxylic acid groups (broad SMARTS) is 1. The second-order valence-electron chi connectivity index (χ2n) is 4.99. The monoisotopic (exact) mass is 311 g/mol. The Labute approximate surface area is 134 Å². The second kappa shape index (κ2) is 6.79. The van der Waals surface area contributed by atoms with Crippen molar-refractivity contribution in [2.75, 3.05) is 12.8 Å². The molecule has 0 heterocycles. The second-order valence-corrected chi connectivity index (χ2v) is 4.99. The topological polar surface area (TPSA) is 89.6 Å². The number of carbonyl (C=O) groups excluding carboxylic acids is 1. The number of ether oxygens (including phenoxy) is 1. The predicted molar refractivity (Wildman–Crippen MR) is 89.4 cm³/mol. The number of nitrogen functional groups attached to an aromatic ring is 1. The van der Waals surface area contributed by atoms with E-state index < -0.39 is 5.97 Å². The van der Waals surface area contributed by atoms with Gasteiger partial charge in [-0.25, -0.2) is 4.79 Å². The van der Waals surface area contributed by atoms with Gasteiger partial charge in [-0.3, -0.25) is 4.79 Å². The third kappa shape index (κ3) is 3.77. The molecule has 0 fully saturated rings. The molecule has 0 atom stereocenters. The highest BCUT2D eigenvalue weighted by atomic mass is 16.5. The van der Waals surface area contributed by atoms with Crippen LogP contribution in [0, 0.1) is 0 Å². The van der Waals surface area contributed by atoms with Crippen LogP contribution in [-0.2, 0) is 4.79 Å². The van der Waals surface area contributed by atoms with Gasteiger partial charge in [0.25, 0.3) is 0 Å². The SMILES string of the molecule is COc1ccc(/C(=C\c2ccc(C(C)=O)cc2N)C(=O)O)cc1. The van der Waals surface area contributed by atoms with Crippen molar-refractivity contribution in [3.63, 3.8) is 0 Å². The van der Waals surface area contributed by atoms with Crippen LogP contribution in [0.4, 0.5) is 5.69 Å². The molecule has 0 radical (unpaired) electrons. The summed E-state index contributed by atoms with van der Waals surface area (Å²) in [7, 11) is 1.54. The quantitative estimate of drug-likeness (QED) is 0.383. The van der Waals surface area contributed by atoms with Gasteiger partial charge in [0, 0.05) is 11.3 Å². The van der Waals surface area contributed by atoms with Crippen LogP contribution in [0.2, 0.25) is 0 Å². The average molecular weight is 311 g/mol. The van der Waals surface area contributed by atoms with E-state index in [2.05, 4.69) is 0 Å². The molecule has 118 valence electrons. The van der Waals surface area contributed by atoms with E-state index in [4.69, 9.17) is 10.5 Å². The van der Waals surface area contributed by atoms with Gasteiger partial charge in [-0.15, -0.1) is 0 Å². The number of hydrogen-bond acceptors (Lipinski definition) is 4. The minimum atomic E-state index is -1.06. The van der Waals surface area contributed by atoms with Crippen molar-refractivity contribution in [3.05, 3.63) is 59.2 Å². The fourth-order valence-corrected chi connectivity index (χ4v) is 2.12. The maximum atomic E-state index is 11.6. The van der Waals surface area contributed by atoms with Gasteiger partial charge in [-0.2, -0.15) is 0 Å². The highest BCUT2D eigenvalue weighted by Gasteiger charge is 2.12. The number of carbonyl (C=O) groups is 2. The molecule has 0 unspecified atom stereocenters. The van der Waals surface area contributed by atoms with E-state index >= 15 is 0 Å². The Morgan fingerprint density at radius 1 is 1.09 bits per heavy atom. The van der Waals surface area contributed by atoms with E-state index in [0.717, 1.165) is 0 Å². The number of nitrogens with two attached hydrogens (primary N) is 1. The summed E-state index contributed by atoms with van der Waals surface area (Å²) < 4.78 is 5.06. The normalized spacial score (nSPS) is 11.1. The first-order valence-corrected chi connectivity index (χ1v) is 6.92. The summed E-state index contributed by atoms with van der Waals surface area (Å²) in [5.41, 5.74) is 7.95. The van der Waals surface area contributed by atoms with Gasteiger partial charge >= 0.3 is 5.97 Å². The molecule has 5 heteroatoms. The minimum absolute atomic E-state index is 0.0964. The van der Waals surface area contributed by atoms with E-state index in [-0.39, 0.29) is 11.4 Å². The number of benzene rings is 2. The summed E-state index contributed by atoms with van der Waals surface area (Å²) >= 11 is 0. The average Bonchev–Trinajstić information content (AvgIpc) is 2.53. The van der Waals surface area contributed by atoms with Crippen molar-refractivity contribution in [1.82, 2.24) is 0 Å². The van der Waals surface area contributed by atoms with E-state index in [1.165, 1.54) is 13.0 Å². The Bertz CT molecular complexity index is 776. The Kier molecular flexibility index (Phi) is 4.81. The van der Waals surface area contributed by atoms with Gasteiger partial charge in [0.15, 0.2) is 5.78 Å². The summed E-state index contributed by atoms with van der Waals surface area (Å²) in [6, 6.07) is 11.5. The first-order valence-electron chi connectivity index (χ1n) is 6.92. The summed E-state index contributed by atoms with van der Waals surface area (Å²) in [4.78, 5) is 22.9. The zero-order valence-corrected chi connectivity index (χ0v) is 12.9. The molecule has 0 amide bonds. The number of ketones is 1. The number of anilines is 1. The van der Waals surface area contributed by atoms with Crippen LogP contribution >= 0.6 is 0 Å². The van der Waals surface area contributed by atoms with E-state index in [0.29, 0.717) is 28.1 Å². The lowest BCUT2D eigenvalue weighted by Crippen LogP contribution is -2.01. The van der Waals surface area contributed by atoms with E-state index in [1.54, 1.807) is 49.6 Å². The number of carboxylic acids is 1. The first-order chi connectivity index (χ1) is 10.9. The van der Waals surface area contributed by atoms with Crippen molar-refractivity contribution >= 4 is 29.1 Å². The lowest BCUT2D eigenvalue weighted by atomic mass is 10.0. The predicted octanol–water partition coefficient (Wildman–Crippen LogP) is 3.11. The molecule has 3 N–H and O–H groups in total. The number of methoxy groups -OCH3 is 1. The lowest BCUT2D eigenvalue weighted by Gasteiger charge is -2.07. The van der Waals surface area contributed by atoms with Crippen LogP contribution in [0.5, 0.6) is 5.75 Å². The molecule has 5 nitrogen and oxygen atoms in total. The van der Waals surface area contributed by atoms with Crippen LogP contribution in [0.1, 0.15) is 28.4 Å². The summed E-state index contributed by atoms with van der Waals surface area (Å²) in [6.45, 7) is 1.45. The van der Waals surface area contributed by atoms with Gasteiger partial charge in [0.1, 0.15) is 5.75 Å². The zero-order valence-electron chi connectivity index (χ0n) is 12.9. The van der Waals surface area contributed by atoms with Crippen molar-refractivity contribution in [1.29, 1.82) is 0 Å². The smallest absolute Gasteiger partial charge is 0.336 e. The van der Waals surface area contributed by atoms with Crippen molar-refractivity contribution in [2.24, 2.45) is 0 Å². The van der Waals surface area contributed by atoms with Gasteiger partial charge in [0.05, 0.1) is 12.7 Å². The highest BCUT2D eigenvalue weighted by molar-refractivity contribution is 6.21. The number of aliphatic carboxylic acids is 1. The summed E-state index contributed by atoms with van der Waals surface area (Å²) in [5, 5.41) is 9.45. The number of rotatable bonds is 5. The van der Waals surface area contributed by atoms with Crippen LogP contribution in [0.15, 0.2) is 42.5 Å². The molecule has 0 aliphatic heterocycles. The molecular weight excluding hydrogens is 294 g/mol. The lowest BCUT2D eigenvalue weighted by molar-refractivity contribution is -0.130. The largest absolute Gasteiger partial charge is 0.497 e. The van der Waals surface area contributed by atoms with Crippen LogP contribution in [0.3, 0.4) is 0 Å². The van der Waals surface area contributed by atoms with Crippen LogP contribution in [-0.4, -0.2) is 24.0 Å². The Morgan fingerprint density at radius 3 is 2.17 bits per heavy atom. The molecule has 0 bridgehead atoms. The van der Waals surface area contributed by atoms with Gasteiger partial charge in [0.2, 0.25) is 0 Å². The van der Waals surface area contributed by atoms with Crippen molar-refractivity contribution < 1.29 is 19.4 Å². The van der Waals surface area contributed by atoms with E-state index in [1.807, 2.05) is 0 Å². The van der Waals surface area contributed by atoms with Gasteiger partial charge in [-0.1, -0.05) is 24.3 Å². The van der Waals surface area contributed by atoms with Crippen molar-refractivity contribution in [3.8, 4) is 5.75 Å². The molecular formula is C18H17NO4. The number of hydrogen-bond donors (Lipinski definition) is 2. The third-order valence-corrected chi connectivity index (χ3v) is 3.42. The molecule has 2 rings (SSSR count). The number of Topliss-reactive ketones (excluding diaryl/α,β-unsaturated/α-hetero) is 1. The fraction of sp³-hybridized carbons (Fsp3) is 0.111. The Hall–Kier alpha value is -3.08. The fourth-order valence-electron chi connectivity index (χ4n) is 2.12. The van der Waals surface area contributed by atoms with Crippen LogP contribution in [0.25, 0.3) is 11.6 Å². The molecule has 0 saturated heterocycles. The maximum absolute atomic E-state index is 11.6. The van der Waals surface area contributed by atoms with Crippen molar-refractivity contribution in [2.45, 2.75) is 6.92 Å². The standard InChI is InChI=1S/C18H17NO4/c1-11(20)13-3-4-14(17(19)10-13)9-16(18(21)22)12-5-7-15(23-2)8-6-12/h3-10H,19H2,1-2H3,(H,21,22)/b16-9+. The molecule has 0 spiro atoms. The summed E-state index contributed by atoms with van der Waals surface area (Å²) in [5.74, 6) is -0.519. The molecule has 0 aromatic heterocycles. The zero-order chi connectivity index (χ0) is 17.0. The molecule has 0 aliphatic rings. The van der Waals surface area contributed by atoms with Crippen LogP contribution < -0.4 is 10.5 Å². The summed E-state index contributed by atoms with van der Waals surface area (Å²) in [6.07, 6.45) is 1.49. The van der Waals surface area contributed by atoms with Gasteiger partial charge in [-0.05, 0) is 42.3 Å². The molecule has 2 aromatic rings. The molecule has 23 heavy (non-hydrogen) atoms. The molecule has 0 aliphatic carbocycles. The first kappa shape index (κ1) is 16.3. The molecule has 2 aromatic carbocycles. The third-order valence-electron chi connectivity index (χ3n) is 3.42. The Balaban J connectivity index is 2.46.